The van der Waals surface area contributed by atoms with Gasteiger partial charge in [0.1, 0.15) is 5.52 Å². The maximum Gasteiger partial charge on any atom is 0.229 e. The summed E-state index contributed by atoms with van der Waals surface area (Å²) < 4.78 is 25.5. The molecule has 4 heterocycles. The maximum atomic E-state index is 11.6. The first-order valence-corrected chi connectivity index (χ1v) is 11.2. The zero-order valence-corrected chi connectivity index (χ0v) is 17.8. The van der Waals surface area contributed by atoms with Crippen molar-refractivity contribution in [3.8, 4) is 11.3 Å². The third kappa shape index (κ3) is 4.59. The fourth-order valence-electron chi connectivity index (χ4n) is 2.78. The van der Waals surface area contributed by atoms with Gasteiger partial charge in [0.05, 0.1) is 45.7 Å². The van der Waals surface area contributed by atoms with E-state index in [1.54, 1.807) is 42.9 Å². The van der Waals surface area contributed by atoms with Crippen molar-refractivity contribution in [2.45, 2.75) is 0 Å². The summed E-state index contributed by atoms with van der Waals surface area (Å²) in [5.74, 6) is 0. The molecule has 30 heavy (non-hydrogen) atoms. The smallest absolute Gasteiger partial charge is 0.229 e. The Bertz CT molecular complexity index is 1360. The minimum atomic E-state index is -3.51. The van der Waals surface area contributed by atoms with Crippen molar-refractivity contribution in [3.05, 3.63) is 65.3 Å². The van der Waals surface area contributed by atoms with Crippen molar-refractivity contribution in [2.24, 2.45) is 0 Å². The summed E-state index contributed by atoms with van der Waals surface area (Å²) >= 11 is 12.0. The number of hydrogen-bond donors (Lipinski definition) is 2. The molecule has 0 aliphatic rings. The standard InChI is InChI=1S/C19H14Cl2N6O2S/c1-30(28,29)27-17-6-11(8-24-19(17)21)14-2-3-15-18(26-14)16(4-5-23-15)25-13-7-12(20)9-22-10-13/h2-10,27H,1H3,(H,23,25). The van der Waals surface area contributed by atoms with Gasteiger partial charge < -0.3 is 5.32 Å². The van der Waals surface area contributed by atoms with Gasteiger partial charge in [-0.25, -0.2) is 18.4 Å². The molecule has 0 amide bonds. The minimum Gasteiger partial charge on any atom is -0.352 e. The Labute approximate surface area is 182 Å². The summed E-state index contributed by atoms with van der Waals surface area (Å²) in [4.78, 5) is 17.2. The molecule has 0 aliphatic carbocycles. The highest BCUT2D eigenvalue weighted by Crippen LogP contribution is 2.30. The van der Waals surface area contributed by atoms with Crippen molar-refractivity contribution in [3.63, 3.8) is 0 Å². The number of fused-ring (bicyclic) bond motifs is 1. The van der Waals surface area contributed by atoms with Crippen LogP contribution in [0.4, 0.5) is 17.1 Å². The normalized spacial score (nSPS) is 11.4. The molecule has 0 saturated heterocycles. The van der Waals surface area contributed by atoms with Crippen molar-refractivity contribution in [2.75, 3.05) is 16.3 Å². The number of nitrogens with zero attached hydrogens (tertiary/aromatic N) is 4. The lowest BCUT2D eigenvalue weighted by molar-refractivity contribution is 0.607. The van der Waals surface area contributed by atoms with Crippen LogP contribution in [0, 0.1) is 0 Å². The summed E-state index contributed by atoms with van der Waals surface area (Å²) in [6.45, 7) is 0. The lowest BCUT2D eigenvalue weighted by atomic mass is 10.1. The molecule has 0 unspecified atom stereocenters. The highest BCUT2D eigenvalue weighted by atomic mass is 35.5. The fourth-order valence-corrected chi connectivity index (χ4v) is 3.72. The Kier molecular flexibility index (Phi) is 5.42. The molecule has 4 aromatic heterocycles. The summed E-state index contributed by atoms with van der Waals surface area (Å²) in [5, 5.41) is 3.79. The quantitative estimate of drug-likeness (QED) is 0.421. The number of sulfonamides is 1. The van der Waals surface area contributed by atoms with Crippen molar-refractivity contribution in [1.82, 2.24) is 19.9 Å². The second-order valence-electron chi connectivity index (χ2n) is 6.38. The molecular weight excluding hydrogens is 447 g/mol. The van der Waals surface area contributed by atoms with E-state index >= 15 is 0 Å². The summed E-state index contributed by atoms with van der Waals surface area (Å²) in [7, 11) is -3.51. The summed E-state index contributed by atoms with van der Waals surface area (Å²) in [6, 6.07) is 8.70. The highest BCUT2D eigenvalue weighted by Gasteiger charge is 2.12. The maximum absolute atomic E-state index is 11.6. The van der Waals surface area contributed by atoms with E-state index in [0.717, 1.165) is 6.26 Å². The molecule has 0 radical (unpaired) electrons. The van der Waals surface area contributed by atoms with Gasteiger partial charge >= 0.3 is 0 Å². The third-order valence-corrected chi connectivity index (χ3v) is 5.10. The Balaban J connectivity index is 1.77. The van der Waals surface area contributed by atoms with E-state index < -0.39 is 10.0 Å². The van der Waals surface area contributed by atoms with Crippen molar-refractivity contribution >= 4 is 61.3 Å². The van der Waals surface area contributed by atoms with Crippen LogP contribution in [0.1, 0.15) is 0 Å². The Morgan fingerprint density at radius 3 is 2.57 bits per heavy atom. The van der Waals surface area contributed by atoms with E-state index in [1.165, 1.54) is 6.20 Å². The first-order valence-electron chi connectivity index (χ1n) is 8.55. The third-order valence-electron chi connectivity index (χ3n) is 4.00. The van der Waals surface area contributed by atoms with Gasteiger partial charge in [0.25, 0.3) is 0 Å². The van der Waals surface area contributed by atoms with Gasteiger partial charge in [-0.05, 0) is 30.3 Å². The molecule has 11 heteroatoms. The van der Waals surface area contributed by atoms with E-state index in [2.05, 4.69) is 25.0 Å². The molecule has 0 aliphatic heterocycles. The second-order valence-corrected chi connectivity index (χ2v) is 8.92. The number of rotatable bonds is 5. The molecule has 0 bridgehead atoms. The SMILES string of the molecule is CS(=O)(=O)Nc1cc(-c2ccc3nccc(Nc4cncc(Cl)c4)c3n2)cnc1Cl. The van der Waals surface area contributed by atoms with Crippen molar-refractivity contribution < 1.29 is 8.42 Å². The monoisotopic (exact) mass is 460 g/mol. The number of aromatic nitrogens is 4. The van der Waals surface area contributed by atoms with Gasteiger partial charge in [0.2, 0.25) is 10.0 Å². The molecule has 0 saturated carbocycles. The van der Waals surface area contributed by atoms with Crippen molar-refractivity contribution in [1.29, 1.82) is 0 Å². The van der Waals surface area contributed by atoms with Crippen LogP contribution in [0.3, 0.4) is 0 Å². The van der Waals surface area contributed by atoms with E-state index in [0.29, 0.717) is 38.7 Å². The molecule has 4 aromatic rings. The van der Waals surface area contributed by atoms with Crippen LogP contribution in [0.15, 0.2) is 55.1 Å². The highest BCUT2D eigenvalue weighted by molar-refractivity contribution is 7.92. The molecule has 0 spiro atoms. The van der Waals surface area contributed by atoms with Crippen LogP contribution in [0.2, 0.25) is 10.2 Å². The van der Waals surface area contributed by atoms with Crippen LogP contribution in [-0.2, 0) is 10.0 Å². The first-order chi connectivity index (χ1) is 14.3. The Morgan fingerprint density at radius 1 is 0.967 bits per heavy atom. The summed E-state index contributed by atoms with van der Waals surface area (Å²) in [6.07, 6.45) is 7.42. The molecule has 0 atom stereocenters. The molecule has 0 fully saturated rings. The van der Waals surface area contributed by atoms with Crippen LogP contribution < -0.4 is 10.0 Å². The lowest BCUT2D eigenvalue weighted by Gasteiger charge is -2.11. The average Bonchev–Trinajstić information content (AvgIpc) is 2.69. The van der Waals surface area contributed by atoms with Crippen LogP contribution in [0.25, 0.3) is 22.3 Å². The van der Waals surface area contributed by atoms with Gasteiger partial charge in [-0.1, -0.05) is 23.2 Å². The predicted molar refractivity (Wildman–Crippen MR) is 119 cm³/mol. The van der Waals surface area contributed by atoms with Crippen LogP contribution in [-0.4, -0.2) is 34.6 Å². The first kappa shape index (κ1) is 20.3. The second kappa shape index (κ2) is 8.02. The zero-order valence-electron chi connectivity index (χ0n) is 15.5. The molecular formula is C19H14Cl2N6O2S. The number of nitrogens with one attached hydrogen (secondary N) is 2. The molecule has 8 nitrogen and oxygen atoms in total. The van der Waals surface area contributed by atoms with E-state index in [1.807, 2.05) is 6.07 Å². The fraction of sp³-hybridized carbons (Fsp3) is 0.0526. The van der Waals surface area contributed by atoms with Gasteiger partial charge in [0, 0.05) is 24.2 Å². The van der Waals surface area contributed by atoms with E-state index in [4.69, 9.17) is 28.2 Å². The van der Waals surface area contributed by atoms with Gasteiger partial charge in [-0.3, -0.25) is 14.7 Å². The molecule has 4 rings (SSSR count). The molecule has 2 N–H and O–H groups in total. The van der Waals surface area contributed by atoms with E-state index in [-0.39, 0.29) is 10.8 Å². The minimum absolute atomic E-state index is 0.0439. The van der Waals surface area contributed by atoms with Crippen LogP contribution >= 0.6 is 23.2 Å². The summed E-state index contributed by atoms with van der Waals surface area (Å²) in [5.41, 5.74) is 4.04. The van der Waals surface area contributed by atoms with Crippen LogP contribution in [0.5, 0.6) is 0 Å². The van der Waals surface area contributed by atoms with Gasteiger partial charge in [-0.2, -0.15) is 0 Å². The number of pyridine rings is 4. The van der Waals surface area contributed by atoms with Gasteiger partial charge in [0.15, 0.2) is 5.15 Å². The number of anilines is 3. The average molecular weight is 461 g/mol. The molecule has 152 valence electrons. The Morgan fingerprint density at radius 2 is 1.80 bits per heavy atom. The van der Waals surface area contributed by atoms with Gasteiger partial charge in [-0.15, -0.1) is 0 Å². The molecule has 0 aromatic carbocycles. The van der Waals surface area contributed by atoms with E-state index in [9.17, 15) is 8.42 Å². The zero-order chi connectivity index (χ0) is 21.3. The number of halogens is 2. The predicted octanol–water partition coefficient (Wildman–Crippen LogP) is 4.51. The Hall–Kier alpha value is -3.01. The number of hydrogen-bond acceptors (Lipinski definition) is 7. The lowest BCUT2D eigenvalue weighted by Crippen LogP contribution is -2.10. The topological polar surface area (TPSA) is 110 Å². The largest absolute Gasteiger partial charge is 0.352 e.